The van der Waals surface area contributed by atoms with E-state index in [2.05, 4.69) is 25.6 Å². The highest BCUT2D eigenvalue weighted by Gasteiger charge is 2.11. The molecule has 2 aromatic carbocycles. The van der Waals surface area contributed by atoms with Crippen LogP contribution in [-0.2, 0) is 4.79 Å². The van der Waals surface area contributed by atoms with E-state index in [4.69, 9.17) is 11.6 Å². The molecular formula is C21H18ClN5O. The van der Waals surface area contributed by atoms with E-state index < -0.39 is 0 Å². The predicted molar refractivity (Wildman–Crippen MR) is 113 cm³/mol. The first-order valence-corrected chi connectivity index (χ1v) is 9.27. The number of hydrogen-bond acceptors (Lipinski definition) is 4. The minimum absolute atomic E-state index is 0.0207. The lowest BCUT2D eigenvalue weighted by molar-refractivity contribution is -0.115. The van der Waals surface area contributed by atoms with Gasteiger partial charge in [-0.15, -0.1) is 0 Å². The number of carbonyl (C=O) groups is 1. The molecule has 0 atom stereocenters. The van der Waals surface area contributed by atoms with E-state index in [1.54, 1.807) is 0 Å². The van der Waals surface area contributed by atoms with Gasteiger partial charge in [0.05, 0.1) is 5.39 Å². The van der Waals surface area contributed by atoms with Gasteiger partial charge in [0.1, 0.15) is 17.8 Å². The van der Waals surface area contributed by atoms with Crippen molar-refractivity contribution in [1.29, 1.82) is 0 Å². The van der Waals surface area contributed by atoms with Gasteiger partial charge in [0.2, 0.25) is 5.91 Å². The maximum absolute atomic E-state index is 11.7. The Morgan fingerprint density at radius 1 is 1.07 bits per heavy atom. The van der Waals surface area contributed by atoms with Crippen LogP contribution in [0.4, 0.5) is 17.2 Å². The van der Waals surface area contributed by atoms with Crippen molar-refractivity contribution in [3.05, 3.63) is 65.9 Å². The molecule has 0 aliphatic rings. The number of nitrogens with one attached hydrogen (secondary N) is 3. The molecule has 0 radical (unpaired) electrons. The average molecular weight is 392 g/mol. The molecule has 3 N–H and O–H groups in total. The minimum atomic E-state index is -0.0207. The van der Waals surface area contributed by atoms with Crippen LogP contribution in [0.25, 0.3) is 22.3 Å². The first kappa shape index (κ1) is 18.0. The molecule has 0 saturated heterocycles. The quantitative estimate of drug-likeness (QED) is 0.427. The zero-order chi connectivity index (χ0) is 19.5. The number of benzene rings is 2. The SMILES string of the molecule is CCC(=O)Nc1cccc(-c2cc3c(Nc4cccc(Cl)c4)ncnc3[nH]2)c1. The van der Waals surface area contributed by atoms with E-state index in [0.29, 0.717) is 17.3 Å². The molecule has 0 fully saturated rings. The van der Waals surface area contributed by atoms with Gasteiger partial charge in [-0.3, -0.25) is 4.79 Å². The van der Waals surface area contributed by atoms with Gasteiger partial charge in [-0.25, -0.2) is 9.97 Å². The van der Waals surface area contributed by atoms with Crippen molar-refractivity contribution in [2.75, 3.05) is 10.6 Å². The second-order valence-corrected chi connectivity index (χ2v) is 6.72. The summed E-state index contributed by atoms with van der Waals surface area (Å²) in [6.07, 6.45) is 1.94. The van der Waals surface area contributed by atoms with Crippen LogP contribution in [-0.4, -0.2) is 20.9 Å². The first-order chi connectivity index (χ1) is 13.6. The molecule has 28 heavy (non-hydrogen) atoms. The van der Waals surface area contributed by atoms with Crippen molar-refractivity contribution in [2.45, 2.75) is 13.3 Å². The Balaban J connectivity index is 1.69. The van der Waals surface area contributed by atoms with Gasteiger partial charge in [-0.1, -0.05) is 36.7 Å². The maximum Gasteiger partial charge on any atom is 0.224 e. The number of carbonyl (C=O) groups excluding carboxylic acids is 1. The van der Waals surface area contributed by atoms with Crippen LogP contribution >= 0.6 is 11.6 Å². The zero-order valence-electron chi connectivity index (χ0n) is 15.2. The summed E-state index contributed by atoms with van der Waals surface area (Å²) < 4.78 is 0. The number of H-pyrrole nitrogens is 1. The highest BCUT2D eigenvalue weighted by molar-refractivity contribution is 6.30. The monoisotopic (exact) mass is 391 g/mol. The van der Waals surface area contributed by atoms with E-state index in [9.17, 15) is 4.79 Å². The number of nitrogens with zero attached hydrogens (tertiary/aromatic N) is 2. The Kier molecular flexibility index (Phi) is 4.95. The fourth-order valence-corrected chi connectivity index (χ4v) is 3.10. The highest BCUT2D eigenvalue weighted by Crippen LogP contribution is 2.30. The predicted octanol–water partition coefficient (Wildman–Crippen LogP) is 5.37. The molecule has 0 saturated carbocycles. The van der Waals surface area contributed by atoms with E-state index in [1.807, 2.05) is 61.5 Å². The van der Waals surface area contributed by atoms with Crippen LogP contribution in [0.15, 0.2) is 60.9 Å². The summed E-state index contributed by atoms with van der Waals surface area (Å²) in [6, 6.07) is 17.1. The molecule has 4 aromatic rings. The third kappa shape index (κ3) is 3.82. The smallest absolute Gasteiger partial charge is 0.224 e. The maximum atomic E-state index is 11.7. The van der Waals surface area contributed by atoms with Crippen molar-refractivity contribution in [3.8, 4) is 11.3 Å². The Morgan fingerprint density at radius 3 is 2.71 bits per heavy atom. The van der Waals surface area contributed by atoms with Crippen LogP contribution in [0.5, 0.6) is 0 Å². The summed E-state index contributed by atoms with van der Waals surface area (Å²) in [5.74, 6) is 0.665. The minimum Gasteiger partial charge on any atom is -0.340 e. The zero-order valence-corrected chi connectivity index (χ0v) is 15.9. The summed E-state index contributed by atoms with van der Waals surface area (Å²) in [4.78, 5) is 23.7. The fraction of sp³-hybridized carbons (Fsp3) is 0.0952. The van der Waals surface area contributed by atoms with Gasteiger partial charge in [-0.05, 0) is 36.4 Å². The summed E-state index contributed by atoms with van der Waals surface area (Å²) in [5, 5.41) is 7.67. The summed E-state index contributed by atoms with van der Waals surface area (Å²) in [7, 11) is 0. The van der Waals surface area contributed by atoms with E-state index >= 15 is 0 Å². The van der Waals surface area contributed by atoms with Crippen LogP contribution in [0.2, 0.25) is 5.02 Å². The van der Waals surface area contributed by atoms with Crippen molar-refractivity contribution in [3.63, 3.8) is 0 Å². The third-order valence-corrected chi connectivity index (χ3v) is 4.53. The van der Waals surface area contributed by atoms with Crippen molar-refractivity contribution in [1.82, 2.24) is 15.0 Å². The number of aromatic nitrogens is 3. The normalized spacial score (nSPS) is 10.8. The van der Waals surface area contributed by atoms with Gasteiger partial charge in [0, 0.05) is 34.1 Å². The molecule has 1 amide bonds. The standard InChI is InChI=1S/C21H18ClN5O/c1-2-19(28)25-15-7-3-5-13(9-15)18-11-17-20(23-12-24-21(17)27-18)26-16-8-4-6-14(22)10-16/h3-12H,2H2,1H3,(H,25,28)(H2,23,24,26,27). The molecule has 0 spiro atoms. The van der Waals surface area contributed by atoms with Gasteiger partial charge in [0.15, 0.2) is 0 Å². The Bertz CT molecular complexity index is 1150. The summed E-state index contributed by atoms with van der Waals surface area (Å²) in [6.45, 7) is 1.82. The Morgan fingerprint density at radius 2 is 1.89 bits per heavy atom. The van der Waals surface area contributed by atoms with Crippen LogP contribution in [0, 0.1) is 0 Å². The number of aromatic amines is 1. The molecule has 6 nitrogen and oxygen atoms in total. The molecule has 0 aliphatic heterocycles. The van der Waals surface area contributed by atoms with Gasteiger partial charge >= 0.3 is 0 Å². The van der Waals surface area contributed by atoms with Gasteiger partial charge in [-0.2, -0.15) is 0 Å². The summed E-state index contributed by atoms with van der Waals surface area (Å²) >= 11 is 6.07. The Hall–Kier alpha value is -3.38. The molecule has 0 aliphatic carbocycles. The van der Waals surface area contributed by atoms with E-state index in [0.717, 1.165) is 33.7 Å². The fourth-order valence-electron chi connectivity index (χ4n) is 2.91. The summed E-state index contributed by atoms with van der Waals surface area (Å²) in [5.41, 5.74) is 4.15. The average Bonchev–Trinajstić information content (AvgIpc) is 3.14. The van der Waals surface area contributed by atoms with Crippen LogP contribution in [0.3, 0.4) is 0 Å². The lowest BCUT2D eigenvalue weighted by atomic mass is 10.1. The molecule has 140 valence electrons. The number of fused-ring (bicyclic) bond motifs is 1. The van der Waals surface area contributed by atoms with Crippen molar-refractivity contribution < 1.29 is 4.79 Å². The number of amides is 1. The first-order valence-electron chi connectivity index (χ1n) is 8.89. The number of anilines is 3. The van der Waals surface area contributed by atoms with Crippen LogP contribution < -0.4 is 10.6 Å². The second-order valence-electron chi connectivity index (χ2n) is 6.29. The molecule has 2 aromatic heterocycles. The number of hydrogen-bond donors (Lipinski definition) is 3. The van der Waals surface area contributed by atoms with E-state index in [-0.39, 0.29) is 5.91 Å². The molecule has 4 rings (SSSR count). The van der Waals surface area contributed by atoms with Crippen molar-refractivity contribution >= 4 is 45.7 Å². The lowest BCUT2D eigenvalue weighted by Gasteiger charge is -2.06. The molecule has 7 heteroatoms. The lowest BCUT2D eigenvalue weighted by Crippen LogP contribution is -2.09. The molecule has 0 bridgehead atoms. The largest absolute Gasteiger partial charge is 0.340 e. The van der Waals surface area contributed by atoms with Crippen LogP contribution in [0.1, 0.15) is 13.3 Å². The van der Waals surface area contributed by atoms with Crippen molar-refractivity contribution in [2.24, 2.45) is 0 Å². The van der Waals surface area contributed by atoms with Gasteiger partial charge < -0.3 is 15.6 Å². The Labute approximate surface area is 167 Å². The number of rotatable bonds is 5. The third-order valence-electron chi connectivity index (χ3n) is 4.29. The van der Waals surface area contributed by atoms with E-state index in [1.165, 1.54) is 6.33 Å². The molecule has 0 unspecified atom stereocenters. The molecule has 2 heterocycles. The molecular weight excluding hydrogens is 374 g/mol. The second kappa shape index (κ2) is 7.70. The van der Waals surface area contributed by atoms with Gasteiger partial charge in [0.25, 0.3) is 0 Å². The number of halogens is 1. The topological polar surface area (TPSA) is 82.7 Å². The highest BCUT2D eigenvalue weighted by atomic mass is 35.5.